The van der Waals surface area contributed by atoms with Crippen molar-refractivity contribution in [2.75, 3.05) is 5.32 Å². The van der Waals surface area contributed by atoms with E-state index >= 15 is 0 Å². The van der Waals surface area contributed by atoms with Gasteiger partial charge in [-0.15, -0.1) is 0 Å². The van der Waals surface area contributed by atoms with Gasteiger partial charge in [0.2, 0.25) is 5.96 Å². The fraction of sp³-hybridized carbons (Fsp3) is 0.0769. The summed E-state index contributed by atoms with van der Waals surface area (Å²) in [4.78, 5) is 5.17. The molecule has 0 spiro atoms. The Morgan fingerprint density at radius 1 is 1.26 bits per heavy atom. The Labute approximate surface area is 120 Å². The number of nitrogens with zero attached hydrogens (tertiary/aromatic N) is 2. The summed E-state index contributed by atoms with van der Waals surface area (Å²) in [5.74, 6) is 1.48. The molecule has 19 heavy (non-hydrogen) atoms. The minimum atomic E-state index is 0.615. The monoisotopic (exact) mass is 290 g/mol. The topological polar surface area (TPSA) is 49.3 Å². The van der Waals surface area contributed by atoms with Crippen molar-refractivity contribution in [2.45, 2.75) is 11.4 Å². The molecule has 0 fully saturated rings. The third-order valence-electron chi connectivity index (χ3n) is 2.59. The fourth-order valence-corrected chi connectivity index (χ4v) is 2.56. The van der Waals surface area contributed by atoms with Crippen LogP contribution in [0.25, 0.3) is 0 Å². The van der Waals surface area contributed by atoms with E-state index in [0.717, 1.165) is 17.3 Å². The third-order valence-corrected chi connectivity index (χ3v) is 3.58. The molecule has 6 heteroatoms. The molecule has 0 amide bonds. The predicted octanol–water partition coefficient (Wildman–Crippen LogP) is 3.31. The van der Waals surface area contributed by atoms with Crippen LogP contribution in [0.2, 0.25) is 5.02 Å². The fourth-order valence-electron chi connectivity index (χ4n) is 1.67. The van der Waals surface area contributed by atoms with Gasteiger partial charge in [0.05, 0.1) is 9.92 Å². The summed E-state index contributed by atoms with van der Waals surface area (Å²) in [5, 5.41) is 7.00. The number of hydrogen-bond donors (Lipinski definition) is 2. The maximum Gasteiger partial charge on any atom is 0.209 e. The summed E-state index contributed by atoms with van der Waals surface area (Å²) in [7, 11) is 0. The molecule has 3 rings (SSSR count). The molecule has 0 atom stereocenters. The van der Waals surface area contributed by atoms with Gasteiger partial charge in [-0.2, -0.15) is 4.40 Å². The second kappa shape index (κ2) is 5.50. The molecule has 0 unspecified atom stereocenters. The maximum atomic E-state index is 5.89. The molecule has 1 aromatic heterocycles. The second-order valence-electron chi connectivity index (χ2n) is 4.00. The van der Waals surface area contributed by atoms with E-state index < -0.39 is 0 Å². The first-order valence-corrected chi connectivity index (χ1v) is 6.92. The van der Waals surface area contributed by atoms with E-state index in [2.05, 4.69) is 32.1 Å². The van der Waals surface area contributed by atoms with Gasteiger partial charge in [0.1, 0.15) is 5.82 Å². The standard InChI is InChI=1S/C13H11ClN4S/c14-10-6-11-12(15-8-10)17-13(18-19-11)16-7-9-4-2-1-3-5-9/h1-6,8H,7H2,(H2,15,16,17,18). The molecular weight excluding hydrogens is 280 g/mol. The zero-order chi connectivity index (χ0) is 13.1. The summed E-state index contributed by atoms with van der Waals surface area (Å²) in [5.41, 5.74) is 1.20. The summed E-state index contributed by atoms with van der Waals surface area (Å²) in [6.07, 6.45) is 1.62. The van der Waals surface area contributed by atoms with E-state index in [1.165, 1.54) is 17.5 Å². The van der Waals surface area contributed by atoms with Crippen LogP contribution in [0.15, 0.2) is 51.9 Å². The molecule has 2 heterocycles. The number of halogens is 1. The van der Waals surface area contributed by atoms with Crippen molar-refractivity contribution in [2.24, 2.45) is 4.40 Å². The van der Waals surface area contributed by atoms with Gasteiger partial charge in [-0.3, -0.25) is 0 Å². The molecule has 2 N–H and O–H groups in total. The smallest absolute Gasteiger partial charge is 0.209 e. The average molecular weight is 291 g/mol. The molecule has 2 aromatic rings. The SMILES string of the molecule is Clc1cnc2c(c1)SN=C(NCc1ccccc1)N2. The molecule has 0 saturated heterocycles. The van der Waals surface area contributed by atoms with Crippen molar-refractivity contribution in [3.63, 3.8) is 0 Å². The lowest BCUT2D eigenvalue weighted by Crippen LogP contribution is -2.31. The highest BCUT2D eigenvalue weighted by molar-refractivity contribution is 7.98. The van der Waals surface area contributed by atoms with Crippen LogP contribution in [0.5, 0.6) is 0 Å². The highest BCUT2D eigenvalue weighted by Gasteiger charge is 2.13. The first-order chi connectivity index (χ1) is 9.31. The number of pyridine rings is 1. The van der Waals surface area contributed by atoms with Crippen LogP contribution in [0.4, 0.5) is 5.82 Å². The minimum absolute atomic E-state index is 0.615. The van der Waals surface area contributed by atoms with Crippen LogP contribution >= 0.6 is 23.5 Å². The lowest BCUT2D eigenvalue weighted by Gasteiger charge is -2.17. The Bertz CT molecular complexity index is 615. The highest BCUT2D eigenvalue weighted by atomic mass is 35.5. The number of nitrogens with one attached hydrogen (secondary N) is 2. The van der Waals surface area contributed by atoms with E-state index in [0.29, 0.717) is 11.0 Å². The van der Waals surface area contributed by atoms with Crippen molar-refractivity contribution in [1.82, 2.24) is 10.3 Å². The maximum absolute atomic E-state index is 5.89. The van der Waals surface area contributed by atoms with Crippen LogP contribution in [0, 0.1) is 0 Å². The Morgan fingerprint density at radius 2 is 2.11 bits per heavy atom. The van der Waals surface area contributed by atoms with Gasteiger partial charge < -0.3 is 10.6 Å². The van der Waals surface area contributed by atoms with E-state index in [4.69, 9.17) is 11.6 Å². The van der Waals surface area contributed by atoms with Gasteiger partial charge in [0.15, 0.2) is 0 Å². The number of benzene rings is 1. The van der Waals surface area contributed by atoms with Gasteiger partial charge in [-0.05, 0) is 11.6 Å². The van der Waals surface area contributed by atoms with E-state index in [-0.39, 0.29) is 0 Å². The molecule has 1 aliphatic rings. The van der Waals surface area contributed by atoms with Gasteiger partial charge in [-0.1, -0.05) is 41.9 Å². The molecule has 4 nitrogen and oxygen atoms in total. The molecule has 0 saturated carbocycles. The molecule has 1 aliphatic heterocycles. The largest absolute Gasteiger partial charge is 0.351 e. The van der Waals surface area contributed by atoms with Crippen molar-refractivity contribution in [1.29, 1.82) is 0 Å². The Kier molecular flexibility index (Phi) is 3.57. The summed E-state index contributed by atoms with van der Waals surface area (Å²) in [6, 6.07) is 12.0. The number of rotatable bonds is 2. The number of guanidine groups is 1. The van der Waals surface area contributed by atoms with Crippen molar-refractivity contribution in [3.8, 4) is 0 Å². The quantitative estimate of drug-likeness (QED) is 0.833. The normalized spacial score (nSPS) is 13.2. The molecular formula is C13H11ClN4S. The predicted molar refractivity (Wildman–Crippen MR) is 79.4 cm³/mol. The average Bonchev–Trinajstić information content (AvgIpc) is 2.46. The first kappa shape index (κ1) is 12.3. The van der Waals surface area contributed by atoms with E-state index in [9.17, 15) is 0 Å². The first-order valence-electron chi connectivity index (χ1n) is 5.76. The summed E-state index contributed by atoms with van der Waals surface area (Å²) in [6.45, 7) is 0.718. The van der Waals surface area contributed by atoms with Gasteiger partial charge in [-0.25, -0.2) is 4.98 Å². The molecule has 96 valence electrons. The van der Waals surface area contributed by atoms with Crippen LogP contribution in [0.3, 0.4) is 0 Å². The zero-order valence-corrected chi connectivity index (χ0v) is 11.5. The number of hydrogen-bond acceptors (Lipinski definition) is 5. The summed E-state index contributed by atoms with van der Waals surface area (Å²) < 4.78 is 4.34. The lowest BCUT2D eigenvalue weighted by atomic mass is 10.2. The lowest BCUT2D eigenvalue weighted by molar-refractivity contribution is 0.910. The van der Waals surface area contributed by atoms with E-state index in [1.54, 1.807) is 6.20 Å². The van der Waals surface area contributed by atoms with Crippen molar-refractivity contribution >= 4 is 35.3 Å². The van der Waals surface area contributed by atoms with Gasteiger partial charge >= 0.3 is 0 Å². The number of anilines is 1. The second-order valence-corrected chi connectivity index (χ2v) is 5.24. The Morgan fingerprint density at radius 3 is 2.95 bits per heavy atom. The third kappa shape index (κ3) is 3.00. The highest BCUT2D eigenvalue weighted by Crippen LogP contribution is 2.31. The van der Waals surface area contributed by atoms with Crippen molar-refractivity contribution < 1.29 is 0 Å². The molecule has 0 bridgehead atoms. The Hall–Kier alpha value is -1.72. The van der Waals surface area contributed by atoms with Gasteiger partial charge in [0, 0.05) is 24.7 Å². The number of aromatic nitrogens is 1. The Balaban J connectivity index is 1.66. The molecule has 0 radical (unpaired) electrons. The van der Waals surface area contributed by atoms with Crippen molar-refractivity contribution in [3.05, 3.63) is 53.2 Å². The zero-order valence-electron chi connectivity index (χ0n) is 9.93. The van der Waals surface area contributed by atoms with Crippen LogP contribution in [-0.2, 0) is 6.54 Å². The molecule has 1 aromatic carbocycles. The number of fused-ring (bicyclic) bond motifs is 1. The van der Waals surface area contributed by atoms with E-state index in [1.807, 2.05) is 24.3 Å². The minimum Gasteiger partial charge on any atom is -0.351 e. The van der Waals surface area contributed by atoms with Crippen LogP contribution in [0.1, 0.15) is 5.56 Å². The van der Waals surface area contributed by atoms with Gasteiger partial charge in [0.25, 0.3) is 0 Å². The van der Waals surface area contributed by atoms with Crippen LogP contribution in [-0.4, -0.2) is 10.9 Å². The summed E-state index contributed by atoms with van der Waals surface area (Å²) >= 11 is 7.25. The van der Waals surface area contributed by atoms with Crippen LogP contribution < -0.4 is 10.6 Å². The molecule has 0 aliphatic carbocycles.